The van der Waals surface area contributed by atoms with Crippen molar-refractivity contribution in [2.24, 2.45) is 0 Å². The number of sulfone groups is 1. The molecule has 2 aromatic carbocycles. The second-order valence-corrected chi connectivity index (χ2v) is 7.53. The Morgan fingerprint density at radius 1 is 1.00 bits per heavy atom. The largest absolute Gasteiger partial charge is 0.425 e. The Kier molecular flexibility index (Phi) is 5.61. The second kappa shape index (κ2) is 7.34. The maximum Gasteiger partial charge on any atom is 0.425 e. The molecule has 130 valence electrons. The van der Waals surface area contributed by atoms with Gasteiger partial charge in [-0.15, -0.1) is 0 Å². The minimum Gasteiger partial charge on any atom is -0.219 e. The van der Waals surface area contributed by atoms with Gasteiger partial charge in [0, 0.05) is 10.6 Å². The van der Waals surface area contributed by atoms with E-state index < -0.39 is 26.5 Å². The molecular formula is C18H12ClF3O2S. The summed E-state index contributed by atoms with van der Waals surface area (Å²) >= 11 is 5.71. The molecule has 0 saturated carbocycles. The van der Waals surface area contributed by atoms with Crippen LogP contribution in [0.4, 0.5) is 13.2 Å². The molecule has 0 unspecified atom stereocenters. The van der Waals surface area contributed by atoms with E-state index in [1.807, 2.05) is 5.92 Å². The van der Waals surface area contributed by atoms with E-state index in [1.165, 1.54) is 48.5 Å². The van der Waals surface area contributed by atoms with E-state index in [9.17, 15) is 21.6 Å². The topological polar surface area (TPSA) is 34.1 Å². The van der Waals surface area contributed by atoms with Gasteiger partial charge in [0.15, 0.2) is 0 Å². The van der Waals surface area contributed by atoms with E-state index in [0.717, 1.165) is 6.92 Å². The van der Waals surface area contributed by atoms with Gasteiger partial charge in [0.2, 0.25) is 9.84 Å². The van der Waals surface area contributed by atoms with Crippen LogP contribution in [-0.4, -0.2) is 14.6 Å². The molecule has 7 heteroatoms. The van der Waals surface area contributed by atoms with Crippen molar-refractivity contribution < 1.29 is 21.6 Å². The van der Waals surface area contributed by atoms with E-state index in [2.05, 4.69) is 5.92 Å². The highest BCUT2D eigenvalue weighted by atomic mass is 35.5. The zero-order valence-electron chi connectivity index (χ0n) is 12.9. The molecule has 0 spiro atoms. The summed E-state index contributed by atoms with van der Waals surface area (Å²) < 4.78 is 64.9. The number of benzene rings is 2. The van der Waals surface area contributed by atoms with Gasteiger partial charge >= 0.3 is 6.18 Å². The first-order valence-corrected chi connectivity index (χ1v) is 8.84. The second-order valence-electron chi connectivity index (χ2n) is 5.00. The molecule has 0 N–H and O–H groups in total. The molecule has 0 atom stereocenters. The zero-order chi connectivity index (χ0) is 18.7. The lowest BCUT2D eigenvalue weighted by Crippen LogP contribution is -2.16. The average Bonchev–Trinajstić information content (AvgIpc) is 2.56. The third kappa shape index (κ3) is 4.65. The summed E-state index contributed by atoms with van der Waals surface area (Å²) in [6.07, 6.45) is -4.90. The van der Waals surface area contributed by atoms with Crippen LogP contribution in [-0.2, 0) is 9.84 Å². The van der Waals surface area contributed by atoms with Crippen molar-refractivity contribution in [3.8, 4) is 11.8 Å². The van der Waals surface area contributed by atoms with Crippen molar-refractivity contribution in [2.75, 3.05) is 0 Å². The lowest BCUT2D eigenvalue weighted by Gasteiger charge is -2.11. The Balaban J connectivity index is 2.58. The Morgan fingerprint density at radius 2 is 1.56 bits per heavy atom. The first kappa shape index (κ1) is 19.1. The summed E-state index contributed by atoms with van der Waals surface area (Å²) in [6.45, 7) is 0.904. The molecule has 0 bridgehead atoms. The Bertz CT molecular complexity index is 949. The Morgan fingerprint density at radius 3 is 2.08 bits per heavy atom. The molecular weight excluding hydrogens is 373 g/mol. The highest BCUT2D eigenvalue weighted by molar-refractivity contribution is 7.95. The number of hydrogen-bond donors (Lipinski definition) is 0. The molecule has 0 aliphatic heterocycles. The van der Waals surface area contributed by atoms with Gasteiger partial charge in [-0.25, -0.2) is 8.42 Å². The van der Waals surface area contributed by atoms with Gasteiger partial charge in [0.05, 0.1) is 9.80 Å². The van der Waals surface area contributed by atoms with E-state index in [-0.39, 0.29) is 10.5 Å². The minimum atomic E-state index is -4.90. The fourth-order valence-corrected chi connectivity index (χ4v) is 3.37. The molecule has 0 aliphatic carbocycles. The molecule has 0 saturated heterocycles. The predicted octanol–water partition coefficient (Wildman–Crippen LogP) is 5.00. The molecule has 2 aromatic rings. The third-order valence-electron chi connectivity index (χ3n) is 3.27. The van der Waals surface area contributed by atoms with Crippen molar-refractivity contribution in [2.45, 2.75) is 18.0 Å². The molecule has 0 aromatic heterocycles. The zero-order valence-corrected chi connectivity index (χ0v) is 14.5. The van der Waals surface area contributed by atoms with Gasteiger partial charge in [-0.05, 0) is 43.3 Å². The van der Waals surface area contributed by atoms with Gasteiger partial charge in [0.1, 0.15) is 5.57 Å². The van der Waals surface area contributed by atoms with E-state index in [4.69, 9.17) is 11.6 Å². The molecule has 25 heavy (non-hydrogen) atoms. The number of hydrogen-bond acceptors (Lipinski definition) is 2. The highest BCUT2D eigenvalue weighted by Gasteiger charge is 2.38. The van der Waals surface area contributed by atoms with Crippen LogP contribution in [0.25, 0.3) is 0 Å². The monoisotopic (exact) mass is 384 g/mol. The van der Waals surface area contributed by atoms with Crippen molar-refractivity contribution in [1.82, 2.24) is 0 Å². The van der Waals surface area contributed by atoms with Gasteiger partial charge in [-0.2, -0.15) is 13.2 Å². The van der Waals surface area contributed by atoms with Gasteiger partial charge in [0.25, 0.3) is 0 Å². The normalized spacial score (nSPS) is 12.8. The smallest absolute Gasteiger partial charge is 0.219 e. The summed E-state index contributed by atoms with van der Waals surface area (Å²) in [4.78, 5) is -1.06. The van der Waals surface area contributed by atoms with Crippen LogP contribution >= 0.6 is 11.6 Å². The first-order valence-electron chi connectivity index (χ1n) is 6.98. The van der Waals surface area contributed by atoms with Gasteiger partial charge in [-0.1, -0.05) is 41.6 Å². The van der Waals surface area contributed by atoms with Crippen LogP contribution < -0.4 is 0 Å². The maximum atomic E-state index is 13.3. The fourth-order valence-electron chi connectivity index (χ4n) is 1.94. The van der Waals surface area contributed by atoms with Crippen LogP contribution in [0.5, 0.6) is 0 Å². The van der Waals surface area contributed by atoms with Crippen LogP contribution in [0.3, 0.4) is 0 Å². The van der Waals surface area contributed by atoms with Crippen molar-refractivity contribution in [3.63, 3.8) is 0 Å². The number of allylic oxidation sites excluding steroid dienone is 2. The van der Waals surface area contributed by atoms with Crippen LogP contribution in [0.2, 0.25) is 5.02 Å². The Labute approximate surface area is 148 Å². The van der Waals surface area contributed by atoms with E-state index >= 15 is 0 Å². The first-order chi connectivity index (χ1) is 11.6. The summed E-state index contributed by atoms with van der Waals surface area (Å²) in [5.74, 6) is 4.29. The Hall–Kier alpha value is -2.23. The summed E-state index contributed by atoms with van der Waals surface area (Å²) in [5.41, 5.74) is -1.11. The summed E-state index contributed by atoms with van der Waals surface area (Å²) in [6, 6.07) is 12.8. The molecule has 0 heterocycles. The van der Waals surface area contributed by atoms with E-state index in [0.29, 0.717) is 5.02 Å². The number of alkyl halides is 3. The van der Waals surface area contributed by atoms with Crippen LogP contribution in [0, 0.1) is 11.8 Å². The van der Waals surface area contributed by atoms with Crippen LogP contribution in [0.15, 0.2) is 70.0 Å². The SMILES string of the molecule is C/C(=C(\C#Cc1ccc(Cl)cc1)C(F)(F)F)S(=O)(=O)c1ccccc1. The van der Waals surface area contributed by atoms with E-state index in [1.54, 1.807) is 6.07 Å². The minimum absolute atomic E-state index is 0.220. The standard InChI is InChI=1S/C18H12ClF3O2S/c1-13(25(23,24)16-5-3-2-4-6-16)17(18(20,21)22)12-9-14-7-10-15(19)11-8-14/h2-8,10-11H,1H3/b17-13-. The lowest BCUT2D eigenvalue weighted by atomic mass is 10.2. The fraction of sp³-hybridized carbons (Fsp3) is 0.111. The molecule has 0 aliphatic rings. The number of rotatable bonds is 2. The van der Waals surface area contributed by atoms with Crippen LogP contribution in [0.1, 0.15) is 12.5 Å². The summed E-state index contributed by atoms with van der Waals surface area (Å²) in [7, 11) is -4.30. The average molecular weight is 385 g/mol. The van der Waals surface area contributed by atoms with Crippen molar-refractivity contribution >= 4 is 21.4 Å². The maximum absolute atomic E-state index is 13.3. The van der Waals surface area contributed by atoms with Crippen molar-refractivity contribution in [3.05, 3.63) is 75.7 Å². The van der Waals surface area contributed by atoms with Gasteiger partial charge < -0.3 is 0 Å². The summed E-state index contributed by atoms with van der Waals surface area (Å²) in [5, 5.41) is 0.417. The highest BCUT2D eigenvalue weighted by Crippen LogP contribution is 2.32. The molecule has 2 nitrogen and oxygen atoms in total. The van der Waals surface area contributed by atoms with Crippen molar-refractivity contribution in [1.29, 1.82) is 0 Å². The molecule has 0 radical (unpaired) electrons. The lowest BCUT2D eigenvalue weighted by molar-refractivity contribution is -0.0875. The predicted molar refractivity (Wildman–Crippen MR) is 90.7 cm³/mol. The third-order valence-corrected chi connectivity index (χ3v) is 5.42. The number of halogens is 4. The van der Waals surface area contributed by atoms with Gasteiger partial charge in [-0.3, -0.25) is 0 Å². The quantitative estimate of drug-likeness (QED) is 0.683. The molecule has 2 rings (SSSR count). The molecule has 0 amide bonds. The molecule has 0 fully saturated rings.